The largest absolute Gasteiger partial charge is 0.477 e. The van der Waals surface area contributed by atoms with Gasteiger partial charge in [-0.1, -0.05) is 18.2 Å². The second-order valence-electron chi connectivity index (χ2n) is 5.99. The summed E-state index contributed by atoms with van der Waals surface area (Å²) < 4.78 is 7.57. The third-order valence-electron chi connectivity index (χ3n) is 4.05. The standard InChI is InChI=1S/C19H15N5O3S/c1-11-16(19(25)26)28-18(20-11)12-8-9-15(27-13-6-4-3-5-7-13)14(10-12)17-21-22-23-24(17)2/h3-10H,1-2H3,(H,25,26). The summed E-state index contributed by atoms with van der Waals surface area (Å²) in [4.78, 5) is 16.0. The van der Waals surface area contributed by atoms with Gasteiger partial charge in [-0.15, -0.1) is 16.4 Å². The molecule has 0 fully saturated rings. The average molecular weight is 393 g/mol. The highest BCUT2D eigenvalue weighted by molar-refractivity contribution is 7.17. The Morgan fingerprint density at radius 1 is 1.18 bits per heavy atom. The number of ether oxygens (including phenoxy) is 1. The maximum Gasteiger partial charge on any atom is 0.347 e. The molecule has 9 heteroatoms. The molecule has 0 spiro atoms. The molecule has 0 aliphatic heterocycles. The van der Waals surface area contributed by atoms with Gasteiger partial charge in [0.05, 0.1) is 11.3 Å². The predicted octanol–water partition coefficient (Wildman–Crippen LogP) is 3.80. The molecule has 4 aromatic rings. The number of hydrogen-bond donors (Lipinski definition) is 1. The minimum absolute atomic E-state index is 0.224. The van der Waals surface area contributed by atoms with Gasteiger partial charge in [-0.05, 0) is 47.7 Å². The van der Waals surface area contributed by atoms with E-state index in [1.807, 2.05) is 48.5 Å². The molecule has 0 saturated carbocycles. The van der Waals surface area contributed by atoms with Crippen molar-refractivity contribution in [3.8, 4) is 33.5 Å². The quantitative estimate of drug-likeness (QED) is 0.550. The minimum Gasteiger partial charge on any atom is -0.477 e. The van der Waals surface area contributed by atoms with E-state index in [9.17, 15) is 9.90 Å². The van der Waals surface area contributed by atoms with Crippen LogP contribution in [0.2, 0.25) is 0 Å². The number of benzene rings is 2. The molecule has 2 heterocycles. The van der Waals surface area contributed by atoms with Crippen LogP contribution in [0.5, 0.6) is 11.5 Å². The van der Waals surface area contributed by atoms with Gasteiger partial charge in [0.15, 0.2) is 5.82 Å². The first kappa shape index (κ1) is 17.8. The van der Waals surface area contributed by atoms with Crippen molar-refractivity contribution in [1.82, 2.24) is 25.2 Å². The monoisotopic (exact) mass is 393 g/mol. The van der Waals surface area contributed by atoms with Crippen LogP contribution in [0.4, 0.5) is 0 Å². The Balaban J connectivity index is 1.82. The molecule has 0 amide bonds. The molecule has 140 valence electrons. The van der Waals surface area contributed by atoms with E-state index in [1.165, 1.54) is 0 Å². The van der Waals surface area contributed by atoms with Crippen molar-refractivity contribution in [2.24, 2.45) is 7.05 Å². The van der Waals surface area contributed by atoms with E-state index in [-0.39, 0.29) is 4.88 Å². The Bertz CT molecular complexity index is 1150. The van der Waals surface area contributed by atoms with E-state index in [0.717, 1.165) is 16.9 Å². The van der Waals surface area contributed by atoms with Crippen LogP contribution in [-0.4, -0.2) is 36.3 Å². The number of para-hydroxylation sites is 1. The van der Waals surface area contributed by atoms with Crippen molar-refractivity contribution in [3.05, 3.63) is 59.1 Å². The lowest BCUT2D eigenvalue weighted by Crippen LogP contribution is -1.97. The first-order valence-corrected chi connectivity index (χ1v) is 9.15. The molecule has 1 N–H and O–H groups in total. The predicted molar refractivity (Wildman–Crippen MR) is 104 cm³/mol. The fraction of sp³-hybridized carbons (Fsp3) is 0.105. The summed E-state index contributed by atoms with van der Waals surface area (Å²) in [7, 11) is 1.74. The van der Waals surface area contributed by atoms with Crippen molar-refractivity contribution in [2.75, 3.05) is 0 Å². The molecule has 8 nitrogen and oxygen atoms in total. The highest BCUT2D eigenvalue weighted by atomic mass is 32.1. The first-order valence-electron chi connectivity index (χ1n) is 8.33. The number of carboxylic acid groups (broad SMARTS) is 1. The van der Waals surface area contributed by atoms with E-state index >= 15 is 0 Å². The zero-order valence-corrected chi connectivity index (χ0v) is 15.8. The molecular weight excluding hydrogens is 378 g/mol. The van der Waals surface area contributed by atoms with E-state index < -0.39 is 5.97 Å². The number of hydrogen-bond acceptors (Lipinski definition) is 7. The van der Waals surface area contributed by atoms with Crippen molar-refractivity contribution >= 4 is 17.3 Å². The molecule has 0 aliphatic rings. The summed E-state index contributed by atoms with van der Waals surface area (Å²) in [6.07, 6.45) is 0. The van der Waals surface area contributed by atoms with Gasteiger partial charge in [-0.2, -0.15) is 0 Å². The molecule has 2 aromatic heterocycles. The van der Waals surface area contributed by atoms with Crippen LogP contribution in [0.15, 0.2) is 48.5 Å². The Morgan fingerprint density at radius 3 is 2.61 bits per heavy atom. The fourth-order valence-corrected chi connectivity index (χ4v) is 3.62. The van der Waals surface area contributed by atoms with Gasteiger partial charge in [0.2, 0.25) is 0 Å². The third-order valence-corrected chi connectivity index (χ3v) is 5.24. The number of rotatable bonds is 5. The number of aromatic nitrogens is 5. The molecule has 0 bridgehead atoms. The van der Waals surface area contributed by atoms with Gasteiger partial charge < -0.3 is 9.84 Å². The van der Waals surface area contributed by atoms with Gasteiger partial charge >= 0.3 is 5.97 Å². The van der Waals surface area contributed by atoms with E-state index in [2.05, 4.69) is 20.5 Å². The SMILES string of the molecule is Cc1nc(-c2ccc(Oc3ccccc3)c(-c3nnnn3C)c2)sc1C(=O)O. The van der Waals surface area contributed by atoms with Crippen molar-refractivity contribution < 1.29 is 14.6 Å². The molecule has 0 atom stereocenters. The molecule has 0 aliphatic carbocycles. The number of aromatic carboxylic acids is 1. The van der Waals surface area contributed by atoms with E-state index in [4.69, 9.17) is 4.74 Å². The van der Waals surface area contributed by atoms with Crippen LogP contribution in [0, 0.1) is 6.92 Å². The lowest BCUT2D eigenvalue weighted by molar-refractivity contribution is 0.0701. The number of carbonyl (C=O) groups is 1. The average Bonchev–Trinajstić information content (AvgIpc) is 3.29. The van der Waals surface area contributed by atoms with Crippen LogP contribution in [0.1, 0.15) is 15.4 Å². The Morgan fingerprint density at radius 2 is 1.96 bits per heavy atom. The second-order valence-corrected chi connectivity index (χ2v) is 6.99. The molecular formula is C19H15N5O3S. The molecule has 28 heavy (non-hydrogen) atoms. The highest BCUT2D eigenvalue weighted by Crippen LogP contribution is 2.37. The Kier molecular flexibility index (Phi) is 4.58. The first-order chi connectivity index (χ1) is 13.5. The van der Waals surface area contributed by atoms with Gasteiger partial charge in [0.1, 0.15) is 21.4 Å². The molecule has 0 saturated heterocycles. The summed E-state index contributed by atoms with van der Waals surface area (Å²) in [6, 6.07) is 14.9. The second kappa shape index (κ2) is 7.20. The minimum atomic E-state index is -0.983. The molecule has 4 rings (SSSR count). The summed E-state index contributed by atoms with van der Waals surface area (Å²) in [5.74, 6) is 0.812. The Hall–Kier alpha value is -3.59. The van der Waals surface area contributed by atoms with Gasteiger partial charge in [0, 0.05) is 12.6 Å². The highest BCUT2D eigenvalue weighted by Gasteiger charge is 2.19. The van der Waals surface area contributed by atoms with Crippen molar-refractivity contribution in [1.29, 1.82) is 0 Å². The van der Waals surface area contributed by atoms with Crippen LogP contribution in [0.25, 0.3) is 22.0 Å². The van der Waals surface area contributed by atoms with E-state index in [1.54, 1.807) is 18.7 Å². The van der Waals surface area contributed by atoms with Gasteiger partial charge in [-0.25, -0.2) is 14.5 Å². The van der Waals surface area contributed by atoms with Crippen LogP contribution >= 0.6 is 11.3 Å². The fourth-order valence-electron chi connectivity index (χ4n) is 2.72. The number of carboxylic acids is 1. The number of tetrazole rings is 1. The maximum absolute atomic E-state index is 11.3. The molecule has 0 radical (unpaired) electrons. The van der Waals surface area contributed by atoms with E-state index in [0.29, 0.717) is 33.6 Å². The normalized spacial score (nSPS) is 10.8. The van der Waals surface area contributed by atoms with Gasteiger partial charge in [-0.3, -0.25) is 0 Å². The summed E-state index contributed by atoms with van der Waals surface area (Å²) >= 11 is 1.13. The third kappa shape index (κ3) is 3.35. The van der Waals surface area contributed by atoms with Crippen LogP contribution in [0.3, 0.4) is 0 Å². The smallest absolute Gasteiger partial charge is 0.347 e. The summed E-state index contributed by atoms with van der Waals surface area (Å²) in [6.45, 7) is 1.68. The van der Waals surface area contributed by atoms with Crippen LogP contribution < -0.4 is 4.74 Å². The Labute approximate surface area is 164 Å². The van der Waals surface area contributed by atoms with Crippen molar-refractivity contribution in [2.45, 2.75) is 6.92 Å². The zero-order chi connectivity index (χ0) is 19.7. The topological polar surface area (TPSA) is 103 Å². The number of thiazole rings is 1. The molecule has 2 aromatic carbocycles. The lowest BCUT2D eigenvalue weighted by atomic mass is 10.1. The zero-order valence-electron chi connectivity index (χ0n) is 15.0. The van der Waals surface area contributed by atoms with Gasteiger partial charge in [0.25, 0.3) is 0 Å². The van der Waals surface area contributed by atoms with Crippen molar-refractivity contribution in [3.63, 3.8) is 0 Å². The lowest BCUT2D eigenvalue weighted by Gasteiger charge is -2.11. The van der Waals surface area contributed by atoms with Crippen LogP contribution in [-0.2, 0) is 7.05 Å². The number of aryl methyl sites for hydroxylation is 2. The summed E-state index contributed by atoms with van der Waals surface area (Å²) in [5, 5.41) is 21.6. The molecule has 0 unspecified atom stereocenters. The maximum atomic E-state index is 11.3. The number of nitrogens with zero attached hydrogens (tertiary/aromatic N) is 5. The summed E-state index contributed by atoms with van der Waals surface area (Å²) in [5.41, 5.74) is 1.93.